The molecule has 270 valence electrons. The van der Waals surface area contributed by atoms with E-state index in [-0.39, 0.29) is 37.2 Å². The van der Waals surface area contributed by atoms with E-state index in [2.05, 4.69) is 15.0 Å². The summed E-state index contributed by atoms with van der Waals surface area (Å²) in [6, 6.07) is 40.2. The van der Waals surface area contributed by atoms with Gasteiger partial charge in [-0.25, -0.2) is 0 Å². The molecule has 0 unspecified atom stereocenters. The molecule has 9 rings (SSSR count). The van der Waals surface area contributed by atoms with E-state index in [1.807, 2.05) is 91.0 Å². The first-order valence-corrected chi connectivity index (χ1v) is 18.7. The van der Waals surface area contributed by atoms with E-state index in [0.29, 0.717) is 16.7 Å². The number of thiophene rings is 3. The van der Waals surface area contributed by atoms with Gasteiger partial charge in [-0.15, -0.1) is 34.0 Å². The van der Waals surface area contributed by atoms with E-state index in [1.54, 1.807) is 70.4 Å². The van der Waals surface area contributed by atoms with Crippen molar-refractivity contribution in [2.24, 2.45) is 0 Å². The fourth-order valence-corrected chi connectivity index (χ4v) is 8.91. The quantitative estimate of drug-likeness (QED) is 0.172. The monoisotopic (exact) mass is 955 g/mol. The van der Waals surface area contributed by atoms with Gasteiger partial charge in [-0.3, -0.25) is 15.0 Å². The van der Waals surface area contributed by atoms with E-state index < -0.39 is 17.9 Å². The second-order valence-corrected chi connectivity index (χ2v) is 14.8. The Morgan fingerprint density at radius 1 is 0.400 bits per heavy atom. The third-order valence-corrected chi connectivity index (χ3v) is 11.5. The van der Waals surface area contributed by atoms with Gasteiger partial charge in [0.05, 0.1) is 35.0 Å². The summed E-state index contributed by atoms with van der Waals surface area (Å²) in [5, 5.41) is 36.4. The molecule has 0 spiro atoms. The molecule has 0 aliphatic rings. The average Bonchev–Trinajstić information content (AvgIpc) is 3.95. The summed E-state index contributed by atoms with van der Waals surface area (Å²) in [5.41, 5.74) is 1.80. The van der Waals surface area contributed by atoms with E-state index in [4.69, 9.17) is 0 Å². The minimum absolute atomic E-state index is 0. The summed E-state index contributed by atoms with van der Waals surface area (Å²) in [6.07, 6.45) is 4.38. The van der Waals surface area contributed by atoms with Gasteiger partial charge in [0, 0.05) is 64.0 Å². The third kappa shape index (κ3) is 8.73. The van der Waals surface area contributed by atoms with Crippen molar-refractivity contribution in [1.82, 2.24) is 15.0 Å². The zero-order valence-electron chi connectivity index (χ0n) is 28.2. The average molecular weight is 955 g/mol. The zero-order valence-corrected chi connectivity index (χ0v) is 33.1. The number of carbonyl (C=O) groups excluding carboxylic acids is 3. The van der Waals surface area contributed by atoms with E-state index in [1.165, 1.54) is 18.6 Å². The van der Waals surface area contributed by atoms with E-state index in [9.17, 15) is 29.7 Å². The first kappa shape index (κ1) is 38.8. The fraction of sp³-hybridized carbons (Fsp3) is 0. The molecule has 55 heavy (non-hydrogen) atoms. The minimum Gasteiger partial charge on any atom is -0.543 e. The number of rotatable bonds is 6. The number of carboxylic acids is 3. The number of pyridine rings is 3. The maximum atomic E-state index is 11.0. The number of carboxylic acid groups (broad SMARTS) is 3. The van der Waals surface area contributed by atoms with Gasteiger partial charge in [0.1, 0.15) is 0 Å². The first-order valence-electron chi connectivity index (χ1n) is 16.2. The van der Waals surface area contributed by atoms with Crippen molar-refractivity contribution in [3.63, 3.8) is 0 Å². The van der Waals surface area contributed by atoms with Gasteiger partial charge in [-0.05, 0) is 89.0 Å². The van der Waals surface area contributed by atoms with E-state index >= 15 is 0 Å². The van der Waals surface area contributed by atoms with Crippen molar-refractivity contribution in [3.8, 4) is 31.3 Å². The van der Waals surface area contributed by atoms with Gasteiger partial charge in [0.15, 0.2) is 0 Å². The van der Waals surface area contributed by atoms with Crippen LogP contribution in [-0.2, 0) is 20.1 Å². The van der Waals surface area contributed by atoms with Crippen LogP contribution in [0.5, 0.6) is 0 Å². The normalized spacial score (nSPS) is 10.5. The molecule has 3 aromatic carbocycles. The largest absolute Gasteiger partial charge is 3.00 e. The standard InChI is InChI=1S/3C14H9NO2S.Ir/c3*16-14(17)13-10(5-3-7-15-13)12-8-9-4-1-2-6-11(9)18-12;/h3*1-8H,(H,16,17);/q;;;+3/p-3. The molecule has 0 saturated heterocycles. The number of nitrogens with zero attached hydrogens (tertiary/aromatic N) is 3. The van der Waals surface area contributed by atoms with Crippen LogP contribution in [0.25, 0.3) is 61.6 Å². The Balaban J connectivity index is 0.000000139. The van der Waals surface area contributed by atoms with Crippen molar-refractivity contribution in [2.45, 2.75) is 0 Å². The molecule has 6 heterocycles. The van der Waals surface area contributed by atoms with Crippen molar-refractivity contribution in [2.75, 3.05) is 0 Å². The molecular formula is C42H24IrN3O6S3. The molecule has 9 nitrogen and oxygen atoms in total. The molecule has 0 atom stereocenters. The molecule has 0 saturated carbocycles. The molecule has 13 heteroatoms. The second-order valence-electron chi connectivity index (χ2n) is 11.5. The van der Waals surface area contributed by atoms with E-state index in [0.717, 1.165) is 44.9 Å². The van der Waals surface area contributed by atoms with Gasteiger partial charge in [-0.2, -0.15) is 0 Å². The number of hydrogen-bond donors (Lipinski definition) is 0. The summed E-state index contributed by atoms with van der Waals surface area (Å²) in [7, 11) is 0. The predicted octanol–water partition coefficient (Wildman–Crippen LogP) is 6.98. The predicted molar refractivity (Wildman–Crippen MR) is 208 cm³/mol. The Kier molecular flexibility index (Phi) is 12.3. The Morgan fingerprint density at radius 2 is 0.673 bits per heavy atom. The van der Waals surface area contributed by atoms with Crippen molar-refractivity contribution >= 4 is 82.2 Å². The van der Waals surface area contributed by atoms with Crippen LogP contribution in [0.4, 0.5) is 0 Å². The Labute approximate surface area is 339 Å². The summed E-state index contributed by atoms with van der Waals surface area (Å²) in [6.45, 7) is 0. The summed E-state index contributed by atoms with van der Waals surface area (Å²) in [4.78, 5) is 47.4. The topological polar surface area (TPSA) is 159 Å². The number of carbonyl (C=O) groups is 3. The molecular weight excluding hydrogens is 931 g/mol. The molecule has 6 aromatic heterocycles. The summed E-state index contributed by atoms with van der Waals surface area (Å²) >= 11 is 4.65. The molecule has 9 aromatic rings. The molecule has 0 fully saturated rings. The van der Waals surface area contributed by atoms with Crippen LogP contribution < -0.4 is 15.3 Å². The molecule has 0 aliphatic carbocycles. The number of hydrogen-bond acceptors (Lipinski definition) is 12. The second kappa shape index (κ2) is 17.5. The van der Waals surface area contributed by atoms with Crippen molar-refractivity contribution in [1.29, 1.82) is 0 Å². The number of fused-ring (bicyclic) bond motifs is 3. The Hall–Kier alpha value is -5.95. The SMILES string of the molecule is O=C([O-])c1ncccc1-c1cc2ccccc2s1.O=C([O-])c1ncccc1-c1cc2ccccc2s1.O=C([O-])c1ncccc1-c1cc2ccccc2s1.[Ir+3]. The smallest absolute Gasteiger partial charge is 0.543 e. The minimum atomic E-state index is -1.25. The molecule has 0 amide bonds. The number of benzene rings is 3. The van der Waals surface area contributed by atoms with Crippen LogP contribution in [0, 0.1) is 0 Å². The maximum Gasteiger partial charge on any atom is 3.00 e. The fourth-order valence-electron chi connectivity index (χ4n) is 5.64. The van der Waals surface area contributed by atoms with Gasteiger partial charge in [0.2, 0.25) is 0 Å². The molecule has 0 N–H and O–H groups in total. The van der Waals surface area contributed by atoms with Gasteiger partial charge in [-0.1, -0.05) is 54.6 Å². The van der Waals surface area contributed by atoms with Crippen molar-refractivity contribution < 1.29 is 49.8 Å². The molecule has 0 bridgehead atoms. The van der Waals surface area contributed by atoms with Gasteiger partial charge in [0.25, 0.3) is 0 Å². The summed E-state index contributed by atoms with van der Waals surface area (Å²) in [5.74, 6) is -3.74. The van der Waals surface area contributed by atoms with Crippen LogP contribution >= 0.6 is 34.0 Å². The first-order chi connectivity index (χ1) is 26.3. The zero-order chi connectivity index (χ0) is 37.6. The molecule has 0 aliphatic heterocycles. The van der Waals surface area contributed by atoms with Crippen LogP contribution in [0.2, 0.25) is 0 Å². The van der Waals surface area contributed by atoms with Crippen molar-refractivity contribution in [3.05, 3.63) is 163 Å². The third-order valence-electron chi connectivity index (χ3n) is 8.08. The van der Waals surface area contributed by atoms with Crippen LogP contribution in [0.1, 0.15) is 31.5 Å². The molecule has 0 radical (unpaired) electrons. The van der Waals surface area contributed by atoms with Crippen LogP contribution in [0.3, 0.4) is 0 Å². The maximum absolute atomic E-state index is 11.0. The van der Waals surface area contributed by atoms with Crippen LogP contribution in [0.15, 0.2) is 146 Å². The van der Waals surface area contributed by atoms with Gasteiger partial charge < -0.3 is 29.7 Å². The number of aromatic nitrogens is 3. The summed E-state index contributed by atoms with van der Waals surface area (Å²) < 4.78 is 3.38. The van der Waals surface area contributed by atoms with Gasteiger partial charge >= 0.3 is 20.1 Å². The Bertz CT molecular complexity index is 2410. The Morgan fingerprint density at radius 3 is 0.927 bits per heavy atom. The van der Waals surface area contributed by atoms with Crippen LogP contribution in [-0.4, -0.2) is 32.9 Å². The number of aromatic carboxylic acids is 3.